The Bertz CT molecular complexity index is 1670. The fraction of sp³-hybridized carbons (Fsp3) is 0.387. The van der Waals surface area contributed by atoms with Gasteiger partial charge in [-0.15, -0.1) is 0 Å². The first-order valence-corrected chi connectivity index (χ1v) is 14.3. The van der Waals surface area contributed by atoms with Crippen molar-refractivity contribution in [3.63, 3.8) is 0 Å². The number of carbonyl (C=O) groups is 2. The van der Waals surface area contributed by atoms with E-state index in [0.29, 0.717) is 24.2 Å². The minimum atomic E-state index is -2.96. The zero-order valence-corrected chi connectivity index (χ0v) is 24.4. The number of aryl methyl sites for hydroxylation is 1. The predicted molar refractivity (Wildman–Crippen MR) is 157 cm³/mol. The van der Waals surface area contributed by atoms with Gasteiger partial charge in [0.05, 0.1) is 37.4 Å². The molecule has 13 heteroatoms. The fourth-order valence-corrected chi connectivity index (χ4v) is 5.22. The molecule has 2 aromatic heterocycles. The number of likely N-dealkylation sites (tertiary alicyclic amines) is 1. The number of nitrogens with one attached hydrogen (secondary N) is 2. The molecule has 0 aliphatic carbocycles. The molecule has 44 heavy (non-hydrogen) atoms. The van der Waals surface area contributed by atoms with E-state index in [-0.39, 0.29) is 41.1 Å². The molecular weight excluding hydrogens is 574 g/mol. The number of benzene rings is 1. The number of alkyl halides is 2. The van der Waals surface area contributed by atoms with Crippen LogP contribution >= 0.6 is 0 Å². The van der Waals surface area contributed by atoms with Gasteiger partial charge in [-0.2, -0.15) is 10.2 Å². The second-order valence-electron chi connectivity index (χ2n) is 10.8. The van der Waals surface area contributed by atoms with Gasteiger partial charge in [-0.05, 0) is 60.7 Å². The Balaban J connectivity index is 1.43. The van der Waals surface area contributed by atoms with Gasteiger partial charge in [0, 0.05) is 44.6 Å². The van der Waals surface area contributed by atoms with Gasteiger partial charge in [-0.3, -0.25) is 14.4 Å². The highest BCUT2D eigenvalue weighted by molar-refractivity contribution is 6.05. The number of anilines is 1. The molecule has 0 spiro atoms. The lowest BCUT2D eigenvalue weighted by Crippen LogP contribution is -2.58. The summed E-state index contributed by atoms with van der Waals surface area (Å²) in [5.41, 5.74) is 1.07. The number of pyridine rings is 2. The van der Waals surface area contributed by atoms with Gasteiger partial charge < -0.3 is 29.6 Å². The Morgan fingerprint density at radius 2 is 2.00 bits per heavy atom. The van der Waals surface area contributed by atoms with Gasteiger partial charge in [0.25, 0.3) is 23.3 Å². The lowest BCUT2D eigenvalue weighted by molar-refractivity contribution is -0.113. The molecule has 2 N–H and O–H groups in total. The number of aromatic nitrogens is 2. The largest absolute Gasteiger partial charge is 0.478 e. The molecule has 0 unspecified atom stereocenters. The highest BCUT2D eigenvalue weighted by Gasteiger charge is 2.46. The van der Waals surface area contributed by atoms with Crippen LogP contribution in [-0.4, -0.2) is 71.1 Å². The zero-order valence-electron chi connectivity index (χ0n) is 24.4. The van der Waals surface area contributed by atoms with Crippen LogP contribution in [0.5, 0.6) is 5.88 Å². The van der Waals surface area contributed by atoms with Crippen LogP contribution in [0.15, 0.2) is 47.4 Å². The summed E-state index contributed by atoms with van der Waals surface area (Å²) >= 11 is 0. The quantitative estimate of drug-likeness (QED) is 0.359. The minimum absolute atomic E-state index is 0.0400. The van der Waals surface area contributed by atoms with Crippen molar-refractivity contribution >= 4 is 17.6 Å². The monoisotopic (exact) mass is 606 g/mol. The smallest absolute Gasteiger partial charge is 0.282 e. The molecule has 2 saturated heterocycles. The van der Waals surface area contributed by atoms with E-state index in [2.05, 4.69) is 15.6 Å². The number of ether oxygens (including phenoxy) is 2. The topological polar surface area (TPSA) is 139 Å². The van der Waals surface area contributed by atoms with E-state index in [1.165, 1.54) is 34.9 Å². The standard InChI is InChI=1S/C31H32F2N6O5/c1-3-43-27-12-21(23-7-6-19(13-34)9-24(23)30(42)39-17-31(32,33)18-39)11-26(36-27)37-28(40)25-10-20(16-38(2)29(25)41)14-35-15-22-5-4-8-44-22/h6-7,9-12,16,22,35H,3-5,8,14-15,17-18H2,1-2H3,(H,36,37,40)/t22-/m0/s1. The number of nitrogens with zero attached hydrogens (tertiary/aromatic N) is 4. The Hall–Kier alpha value is -4.67. The number of nitriles is 1. The van der Waals surface area contributed by atoms with Crippen molar-refractivity contribution in [1.82, 2.24) is 19.8 Å². The van der Waals surface area contributed by atoms with E-state index in [1.54, 1.807) is 26.2 Å². The fourth-order valence-electron chi connectivity index (χ4n) is 5.22. The minimum Gasteiger partial charge on any atom is -0.478 e. The average molecular weight is 607 g/mol. The van der Waals surface area contributed by atoms with Gasteiger partial charge in [-0.25, -0.2) is 8.78 Å². The molecule has 4 heterocycles. The molecule has 0 bridgehead atoms. The van der Waals surface area contributed by atoms with Gasteiger partial charge in [0.2, 0.25) is 5.88 Å². The van der Waals surface area contributed by atoms with Crippen molar-refractivity contribution in [1.29, 1.82) is 5.26 Å². The third-order valence-electron chi connectivity index (χ3n) is 7.37. The Morgan fingerprint density at radius 1 is 1.20 bits per heavy atom. The molecule has 2 fully saturated rings. The van der Waals surface area contributed by atoms with Crippen LogP contribution < -0.4 is 20.9 Å². The van der Waals surface area contributed by atoms with Crippen LogP contribution in [0.2, 0.25) is 0 Å². The van der Waals surface area contributed by atoms with Crippen LogP contribution in [-0.2, 0) is 18.3 Å². The maximum absolute atomic E-state index is 13.5. The summed E-state index contributed by atoms with van der Waals surface area (Å²) in [5.74, 6) is -4.15. The Labute approximate surface area is 252 Å². The predicted octanol–water partition coefficient (Wildman–Crippen LogP) is 3.33. The van der Waals surface area contributed by atoms with E-state index in [9.17, 15) is 28.4 Å². The maximum Gasteiger partial charge on any atom is 0.282 e. The Morgan fingerprint density at radius 3 is 2.68 bits per heavy atom. The van der Waals surface area contributed by atoms with E-state index < -0.39 is 36.4 Å². The molecule has 0 radical (unpaired) electrons. The summed E-state index contributed by atoms with van der Waals surface area (Å²) < 4.78 is 39.7. The van der Waals surface area contributed by atoms with E-state index in [1.807, 2.05) is 6.07 Å². The summed E-state index contributed by atoms with van der Waals surface area (Å²) in [6, 6.07) is 10.9. The first kappa shape index (κ1) is 30.8. The lowest BCUT2D eigenvalue weighted by atomic mass is 9.96. The van der Waals surface area contributed by atoms with Crippen molar-refractivity contribution in [3.8, 4) is 23.1 Å². The van der Waals surface area contributed by atoms with Gasteiger partial charge in [0.15, 0.2) is 0 Å². The summed E-state index contributed by atoms with van der Waals surface area (Å²) in [5, 5.41) is 15.4. The average Bonchev–Trinajstić information content (AvgIpc) is 3.50. The summed E-state index contributed by atoms with van der Waals surface area (Å²) in [4.78, 5) is 44.8. The summed E-state index contributed by atoms with van der Waals surface area (Å²) in [6.45, 7) is 2.37. The SMILES string of the molecule is CCOc1cc(-c2ccc(C#N)cc2C(=O)N2CC(F)(F)C2)cc(NC(=O)c2cc(CNC[C@@H]3CCCO3)cn(C)c2=O)n1. The maximum atomic E-state index is 13.5. The van der Waals surface area contributed by atoms with Gasteiger partial charge >= 0.3 is 0 Å². The highest BCUT2D eigenvalue weighted by atomic mass is 19.3. The van der Waals surface area contributed by atoms with Crippen LogP contribution in [0.3, 0.4) is 0 Å². The third-order valence-corrected chi connectivity index (χ3v) is 7.37. The zero-order chi connectivity index (χ0) is 31.4. The summed E-state index contributed by atoms with van der Waals surface area (Å²) in [6.07, 6.45) is 3.81. The Kier molecular flexibility index (Phi) is 9.03. The number of amides is 2. The molecule has 1 atom stereocenters. The third kappa shape index (κ3) is 6.93. The molecule has 0 saturated carbocycles. The van der Waals surface area contributed by atoms with E-state index >= 15 is 0 Å². The lowest BCUT2D eigenvalue weighted by Gasteiger charge is -2.39. The molecule has 2 aliphatic rings. The molecule has 2 aliphatic heterocycles. The normalized spacial score (nSPS) is 17.1. The molecule has 2 amide bonds. The number of hydrogen-bond donors (Lipinski definition) is 2. The van der Waals surface area contributed by atoms with Crippen molar-refractivity contribution < 1.29 is 27.8 Å². The van der Waals surface area contributed by atoms with Crippen LogP contribution in [0, 0.1) is 11.3 Å². The van der Waals surface area contributed by atoms with Crippen LogP contribution in [0.25, 0.3) is 11.1 Å². The number of carbonyl (C=O) groups excluding carboxylic acids is 2. The number of rotatable bonds is 10. The molecule has 11 nitrogen and oxygen atoms in total. The molecular formula is C31H32F2N6O5. The first-order chi connectivity index (χ1) is 21.1. The van der Waals surface area contributed by atoms with E-state index in [0.717, 1.165) is 29.9 Å². The van der Waals surface area contributed by atoms with Crippen molar-refractivity contribution in [2.45, 2.75) is 38.3 Å². The van der Waals surface area contributed by atoms with E-state index in [4.69, 9.17) is 9.47 Å². The molecule has 3 aromatic rings. The van der Waals surface area contributed by atoms with Crippen molar-refractivity contribution in [3.05, 3.63) is 75.2 Å². The van der Waals surface area contributed by atoms with Gasteiger partial charge in [0.1, 0.15) is 11.4 Å². The molecule has 1 aromatic carbocycles. The summed E-state index contributed by atoms with van der Waals surface area (Å²) in [7, 11) is 1.56. The first-order valence-electron chi connectivity index (χ1n) is 14.3. The van der Waals surface area contributed by atoms with Crippen molar-refractivity contribution in [2.24, 2.45) is 7.05 Å². The second-order valence-corrected chi connectivity index (χ2v) is 10.8. The highest BCUT2D eigenvalue weighted by Crippen LogP contribution is 2.34. The van der Waals surface area contributed by atoms with Crippen LogP contribution in [0.1, 0.15) is 51.6 Å². The van der Waals surface area contributed by atoms with Crippen molar-refractivity contribution in [2.75, 3.05) is 38.2 Å². The second kappa shape index (κ2) is 12.9. The molecule has 5 rings (SSSR count). The van der Waals surface area contributed by atoms with Gasteiger partial charge in [-0.1, -0.05) is 6.07 Å². The number of hydrogen-bond acceptors (Lipinski definition) is 8. The number of halogens is 2. The molecule has 230 valence electrons. The van der Waals surface area contributed by atoms with Crippen LogP contribution in [0.4, 0.5) is 14.6 Å².